The van der Waals surface area contributed by atoms with Gasteiger partial charge in [0.2, 0.25) is 0 Å². The van der Waals surface area contributed by atoms with E-state index in [1.54, 1.807) is 30.3 Å². The van der Waals surface area contributed by atoms with Crippen molar-refractivity contribution in [1.29, 1.82) is 5.26 Å². The van der Waals surface area contributed by atoms with Crippen LogP contribution in [0, 0.1) is 23.1 Å². The number of nitrogens with one attached hydrogen (secondary N) is 1. The zero-order valence-electron chi connectivity index (χ0n) is 19.0. The number of hydrogen-bond donors (Lipinski definition) is 2. The van der Waals surface area contributed by atoms with E-state index >= 15 is 0 Å². The first kappa shape index (κ1) is 24.3. The van der Waals surface area contributed by atoms with E-state index in [9.17, 15) is 14.3 Å². The molecule has 2 N–H and O–H groups in total. The molecule has 0 spiro atoms. The van der Waals surface area contributed by atoms with Crippen LogP contribution in [0.1, 0.15) is 54.4 Å². The van der Waals surface area contributed by atoms with Crippen molar-refractivity contribution in [2.24, 2.45) is 5.92 Å². The maximum Gasteiger partial charge on any atom is 0.254 e. The molecule has 0 radical (unpaired) electrons. The van der Waals surface area contributed by atoms with Crippen LogP contribution in [0.15, 0.2) is 36.4 Å². The van der Waals surface area contributed by atoms with Gasteiger partial charge in [0.1, 0.15) is 17.6 Å². The maximum absolute atomic E-state index is 14.8. The first-order chi connectivity index (χ1) is 16.5. The van der Waals surface area contributed by atoms with Gasteiger partial charge in [-0.05, 0) is 74.8 Å². The van der Waals surface area contributed by atoms with Crippen LogP contribution in [0.5, 0.6) is 5.75 Å². The molecule has 1 heterocycles. The molecule has 2 aromatic rings. The molecule has 0 unspecified atom stereocenters. The Morgan fingerprint density at radius 2 is 1.88 bits per heavy atom. The van der Waals surface area contributed by atoms with E-state index in [2.05, 4.69) is 10.2 Å². The Bertz CT molecular complexity index is 1060. The van der Waals surface area contributed by atoms with Crippen molar-refractivity contribution in [3.8, 4) is 11.8 Å². The number of nitrogens with zero attached hydrogens (tertiary/aromatic N) is 2. The molecule has 8 heteroatoms. The van der Waals surface area contributed by atoms with E-state index in [-0.39, 0.29) is 24.3 Å². The molecular weight excluding hydrogens is 457 g/mol. The van der Waals surface area contributed by atoms with Gasteiger partial charge < -0.3 is 20.1 Å². The summed E-state index contributed by atoms with van der Waals surface area (Å²) in [5, 5.41) is 21.6. The van der Waals surface area contributed by atoms with E-state index in [0.717, 1.165) is 57.3 Å². The number of carbonyl (C=O) groups excluding carboxylic acids is 1. The van der Waals surface area contributed by atoms with Crippen LogP contribution in [-0.4, -0.2) is 42.9 Å². The lowest BCUT2D eigenvalue weighted by molar-refractivity contribution is 0.0890. The van der Waals surface area contributed by atoms with Crippen LogP contribution in [0.2, 0.25) is 5.02 Å². The Hall–Kier alpha value is -2.82. The molecule has 4 rings (SSSR count). The summed E-state index contributed by atoms with van der Waals surface area (Å²) in [4.78, 5) is 14.8. The maximum atomic E-state index is 14.8. The summed E-state index contributed by atoms with van der Waals surface area (Å²) >= 11 is 6.07. The van der Waals surface area contributed by atoms with Gasteiger partial charge in [-0.25, -0.2) is 4.39 Å². The summed E-state index contributed by atoms with van der Waals surface area (Å²) in [5.41, 5.74) is 1.23. The molecule has 1 amide bonds. The average molecular weight is 486 g/mol. The predicted molar refractivity (Wildman–Crippen MR) is 129 cm³/mol. The van der Waals surface area contributed by atoms with Crippen LogP contribution in [0.3, 0.4) is 0 Å². The summed E-state index contributed by atoms with van der Waals surface area (Å²) in [5.74, 6) is 0.0214. The van der Waals surface area contributed by atoms with Crippen LogP contribution in [-0.2, 0) is 0 Å². The Morgan fingerprint density at radius 3 is 2.50 bits per heavy atom. The summed E-state index contributed by atoms with van der Waals surface area (Å²) in [6, 6.07) is 11.8. The number of aliphatic hydroxyl groups excluding tert-OH is 1. The van der Waals surface area contributed by atoms with Gasteiger partial charge >= 0.3 is 0 Å². The van der Waals surface area contributed by atoms with Crippen LogP contribution in [0.4, 0.5) is 10.1 Å². The molecule has 2 fully saturated rings. The molecule has 0 atom stereocenters. The largest absolute Gasteiger partial charge is 0.490 e. The molecule has 1 aliphatic carbocycles. The van der Waals surface area contributed by atoms with Crippen molar-refractivity contribution < 1.29 is 19.0 Å². The summed E-state index contributed by atoms with van der Waals surface area (Å²) < 4.78 is 20.8. The number of halogens is 2. The minimum absolute atomic E-state index is 0.00291. The van der Waals surface area contributed by atoms with E-state index in [4.69, 9.17) is 21.6 Å². The van der Waals surface area contributed by atoms with Crippen molar-refractivity contribution in [1.82, 2.24) is 5.32 Å². The Labute approximate surface area is 204 Å². The fourth-order valence-electron chi connectivity index (χ4n) is 4.70. The van der Waals surface area contributed by atoms with Gasteiger partial charge in [0.25, 0.3) is 5.91 Å². The van der Waals surface area contributed by atoms with E-state index in [1.807, 2.05) is 6.07 Å². The third-order valence-electron chi connectivity index (χ3n) is 6.81. The average Bonchev–Trinajstić information content (AvgIpc) is 2.85. The number of rotatable bonds is 6. The normalized spacial score (nSPS) is 21.1. The first-order valence-corrected chi connectivity index (χ1v) is 12.2. The quantitative estimate of drug-likeness (QED) is 0.620. The monoisotopic (exact) mass is 485 g/mol. The number of piperidine rings is 1. The lowest BCUT2D eigenvalue weighted by Crippen LogP contribution is -2.40. The van der Waals surface area contributed by atoms with Crippen molar-refractivity contribution in [3.05, 3.63) is 58.4 Å². The fourth-order valence-corrected chi connectivity index (χ4v) is 4.91. The fraction of sp³-hybridized carbons (Fsp3) is 0.462. The third-order valence-corrected chi connectivity index (χ3v) is 7.12. The lowest BCUT2D eigenvalue weighted by atomic mass is 9.92. The van der Waals surface area contributed by atoms with Crippen molar-refractivity contribution >= 4 is 23.2 Å². The molecule has 34 heavy (non-hydrogen) atoms. The van der Waals surface area contributed by atoms with Gasteiger partial charge in [0, 0.05) is 37.5 Å². The minimum Gasteiger partial charge on any atom is -0.490 e. The number of nitriles is 1. The molecule has 2 aromatic carbocycles. The second kappa shape index (κ2) is 11.1. The number of aliphatic hydroxyl groups is 1. The van der Waals surface area contributed by atoms with Gasteiger partial charge in [-0.1, -0.05) is 11.6 Å². The second-order valence-corrected chi connectivity index (χ2v) is 9.50. The molecule has 0 aromatic heterocycles. The summed E-state index contributed by atoms with van der Waals surface area (Å²) in [7, 11) is 0. The molecule has 1 aliphatic heterocycles. The van der Waals surface area contributed by atoms with Crippen LogP contribution >= 0.6 is 11.6 Å². The van der Waals surface area contributed by atoms with E-state index in [1.165, 1.54) is 6.07 Å². The minimum atomic E-state index is -0.519. The summed E-state index contributed by atoms with van der Waals surface area (Å²) in [6.07, 6.45) is 4.75. The standard InChI is InChI=1S/C26H29ClFN3O3/c27-24-14-22(5-1-18(24)15-29)34-21-6-2-19(3-7-21)30-26(33)23-8-4-20(13-25(23)28)31-11-9-17(16-32)10-12-31/h1,4-5,8,13-14,17,19,21,32H,2-3,6-7,9-12,16H2,(H,30,33)/t19-,21-. The topological polar surface area (TPSA) is 85.6 Å². The molecule has 2 aliphatic rings. The van der Waals surface area contributed by atoms with Gasteiger partial charge in [-0.2, -0.15) is 5.26 Å². The zero-order chi connectivity index (χ0) is 24.1. The molecule has 180 valence electrons. The van der Waals surface area contributed by atoms with Crippen molar-refractivity contribution in [2.45, 2.75) is 50.7 Å². The highest BCUT2D eigenvalue weighted by Crippen LogP contribution is 2.28. The lowest BCUT2D eigenvalue weighted by Gasteiger charge is -2.33. The number of benzene rings is 2. The molecule has 6 nitrogen and oxygen atoms in total. The number of anilines is 1. The highest BCUT2D eigenvalue weighted by molar-refractivity contribution is 6.31. The molecule has 0 bridgehead atoms. The predicted octanol–water partition coefficient (Wildman–Crippen LogP) is 4.68. The van der Waals surface area contributed by atoms with Crippen molar-refractivity contribution in [3.63, 3.8) is 0 Å². The number of carbonyl (C=O) groups is 1. The zero-order valence-corrected chi connectivity index (χ0v) is 19.7. The van der Waals surface area contributed by atoms with Crippen LogP contribution in [0.25, 0.3) is 0 Å². The van der Waals surface area contributed by atoms with Crippen LogP contribution < -0.4 is 15.0 Å². The second-order valence-electron chi connectivity index (χ2n) is 9.10. The van der Waals surface area contributed by atoms with Gasteiger partial charge in [-0.15, -0.1) is 0 Å². The third kappa shape index (κ3) is 5.81. The number of hydrogen-bond acceptors (Lipinski definition) is 5. The van der Waals surface area contributed by atoms with E-state index in [0.29, 0.717) is 22.3 Å². The Kier molecular flexibility index (Phi) is 7.91. The Balaban J connectivity index is 1.27. The van der Waals surface area contributed by atoms with Gasteiger partial charge in [0.15, 0.2) is 0 Å². The van der Waals surface area contributed by atoms with Crippen molar-refractivity contribution in [2.75, 3.05) is 24.6 Å². The highest BCUT2D eigenvalue weighted by Gasteiger charge is 2.26. The van der Waals surface area contributed by atoms with Gasteiger partial charge in [-0.3, -0.25) is 4.79 Å². The van der Waals surface area contributed by atoms with Gasteiger partial charge in [0.05, 0.1) is 22.3 Å². The Morgan fingerprint density at radius 1 is 1.15 bits per heavy atom. The SMILES string of the molecule is N#Cc1ccc(O[C@H]2CC[C@H](NC(=O)c3ccc(N4CCC(CO)CC4)cc3F)CC2)cc1Cl. The number of ether oxygens (including phenoxy) is 1. The van der Waals surface area contributed by atoms with E-state index < -0.39 is 11.7 Å². The smallest absolute Gasteiger partial charge is 0.254 e. The number of amides is 1. The molecular formula is C26H29ClFN3O3. The first-order valence-electron chi connectivity index (χ1n) is 11.8. The summed E-state index contributed by atoms with van der Waals surface area (Å²) in [6.45, 7) is 1.74. The highest BCUT2D eigenvalue weighted by atomic mass is 35.5. The molecule has 1 saturated carbocycles. The molecule has 1 saturated heterocycles.